The Labute approximate surface area is 113 Å². The van der Waals surface area contributed by atoms with Gasteiger partial charge in [0.2, 0.25) is 0 Å². The summed E-state index contributed by atoms with van der Waals surface area (Å²) < 4.78 is 5.07. The second-order valence-electron chi connectivity index (χ2n) is 4.89. The molecule has 104 valence electrons. The summed E-state index contributed by atoms with van der Waals surface area (Å²) in [5, 5.41) is 0. The van der Waals surface area contributed by atoms with E-state index >= 15 is 0 Å². The van der Waals surface area contributed by atoms with Gasteiger partial charge in [0.05, 0.1) is 12.5 Å². The molecule has 1 aliphatic heterocycles. The maximum atomic E-state index is 11.6. The van der Waals surface area contributed by atoms with Crippen LogP contribution in [0.5, 0.6) is 0 Å². The van der Waals surface area contributed by atoms with E-state index in [9.17, 15) is 4.79 Å². The number of nitrogen functional groups attached to an aromatic ring is 1. The highest BCUT2D eigenvalue weighted by Gasteiger charge is 2.25. The first-order valence-corrected chi connectivity index (χ1v) is 6.78. The number of likely N-dealkylation sites (tertiary alicyclic amines) is 1. The van der Waals surface area contributed by atoms with Crippen molar-refractivity contribution in [3.8, 4) is 0 Å². The quantitative estimate of drug-likeness (QED) is 0.832. The van der Waals surface area contributed by atoms with E-state index in [1.165, 1.54) is 0 Å². The fraction of sp³-hybridized carbons (Fsp3) is 0.571. The van der Waals surface area contributed by atoms with Crippen LogP contribution in [0.1, 0.15) is 25.3 Å². The molecule has 19 heavy (non-hydrogen) atoms. The minimum Gasteiger partial charge on any atom is -0.466 e. The highest BCUT2D eigenvalue weighted by molar-refractivity contribution is 5.72. The number of aromatic nitrogens is 1. The number of piperidine rings is 1. The Hall–Kier alpha value is -1.62. The molecule has 0 saturated carbocycles. The molecule has 1 aromatic heterocycles. The molecular weight excluding hydrogens is 242 g/mol. The maximum absolute atomic E-state index is 11.6. The van der Waals surface area contributed by atoms with Gasteiger partial charge in [-0.3, -0.25) is 9.69 Å². The van der Waals surface area contributed by atoms with Crippen LogP contribution in [0.4, 0.5) is 5.82 Å². The number of nitrogens with two attached hydrogens (primary N) is 1. The van der Waals surface area contributed by atoms with E-state index in [0.717, 1.165) is 38.0 Å². The van der Waals surface area contributed by atoms with Gasteiger partial charge in [-0.1, -0.05) is 6.07 Å². The first-order chi connectivity index (χ1) is 9.19. The molecule has 0 radical (unpaired) electrons. The predicted octanol–water partition coefficient (Wildman–Crippen LogP) is 1.44. The lowest BCUT2D eigenvalue weighted by atomic mass is 9.97. The molecule has 0 aliphatic carbocycles. The van der Waals surface area contributed by atoms with Crippen molar-refractivity contribution in [1.82, 2.24) is 9.88 Å². The zero-order chi connectivity index (χ0) is 13.7. The van der Waals surface area contributed by atoms with Gasteiger partial charge in [0, 0.05) is 12.7 Å². The average Bonchev–Trinajstić information content (AvgIpc) is 2.42. The molecule has 0 amide bonds. The van der Waals surface area contributed by atoms with Crippen molar-refractivity contribution in [2.75, 3.05) is 25.4 Å². The van der Waals surface area contributed by atoms with Gasteiger partial charge in [0.15, 0.2) is 0 Å². The monoisotopic (exact) mass is 263 g/mol. The fourth-order valence-electron chi connectivity index (χ4n) is 2.37. The number of esters is 1. The van der Waals surface area contributed by atoms with Crippen molar-refractivity contribution in [3.05, 3.63) is 23.9 Å². The molecule has 0 atom stereocenters. The van der Waals surface area contributed by atoms with Crippen molar-refractivity contribution in [2.45, 2.75) is 26.3 Å². The summed E-state index contributed by atoms with van der Waals surface area (Å²) in [4.78, 5) is 18.1. The molecule has 1 fully saturated rings. The molecule has 1 aromatic rings. The molecule has 0 aromatic carbocycles. The van der Waals surface area contributed by atoms with E-state index in [4.69, 9.17) is 10.5 Å². The standard InChI is InChI=1S/C14H21N3O2/c1-2-19-14(18)12-5-7-17(8-6-12)10-11-3-4-13(15)16-9-11/h3-4,9,12H,2,5-8,10H2,1H3,(H2,15,16). The Morgan fingerprint density at radius 2 is 2.21 bits per heavy atom. The third kappa shape index (κ3) is 3.92. The number of ether oxygens (including phenoxy) is 1. The summed E-state index contributed by atoms with van der Waals surface area (Å²) in [7, 11) is 0. The number of hydrogen-bond donors (Lipinski definition) is 1. The van der Waals surface area contributed by atoms with Gasteiger partial charge in [-0.2, -0.15) is 0 Å². The Morgan fingerprint density at radius 1 is 1.47 bits per heavy atom. The van der Waals surface area contributed by atoms with Gasteiger partial charge >= 0.3 is 5.97 Å². The van der Waals surface area contributed by atoms with Gasteiger partial charge in [-0.05, 0) is 44.5 Å². The number of anilines is 1. The number of pyridine rings is 1. The van der Waals surface area contributed by atoms with E-state index in [1.54, 1.807) is 0 Å². The number of rotatable bonds is 4. The number of hydrogen-bond acceptors (Lipinski definition) is 5. The number of nitrogens with zero attached hydrogens (tertiary/aromatic N) is 2. The minimum absolute atomic E-state index is 0.0451. The first kappa shape index (κ1) is 13.8. The van der Waals surface area contributed by atoms with Crippen molar-refractivity contribution >= 4 is 11.8 Å². The van der Waals surface area contributed by atoms with E-state index in [1.807, 2.05) is 25.3 Å². The maximum Gasteiger partial charge on any atom is 0.309 e. The van der Waals surface area contributed by atoms with Crippen LogP contribution in [-0.4, -0.2) is 35.5 Å². The van der Waals surface area contributed by atoms with Crippen molar-refractivity contribution < 1.29 is 9.53 Å². The van der Waals surface area contributed by atoms with Crippen LogP contribution in [-0.2, 0) is 16.1 Å². The van der Waals surface area contributed by atoms with Gasteiger partial charge in [-0.15, -0.1) is 0 Å². The van der Waals surface area contributed by atoms with Gasteiger partial charge in [-0.25, -0.2) is 4.98 Å². The average molecular weight is 263 g/mol. The lowest BCUT2D eigenvalue weighted by molar-refractivity contribution is -0.149. The Kier molecular flexibility index (Phi) is 4.74. The molecule has 5 heteroatoms. The van der Waals surface area contributed by atoms with Gasteiger partial charge in [0.25, 0.3) is 0 Å². The summed E-state index contributed by atoms with van der Waals surface area (Å²) >= 11 is 0. The van der Waals surface area contributed by atoms with Crippen LogP contribution in [0.2, 0.25) is 0 Å². The van der Waals surface area contributed by atoms with E-state index < -0.39 is 0 Å². The molecule has 0 bridgehead atoms. The summed E-state index contributed by atoms with van der Waals surface area (Å²) in [6, 6.07) is 3.82. The van der Waals surface area contributed by atoms with Crippen LogP contribution in [0, 0.1) is 5.92 Å². The van der Waals surface area contributed by atoms with E-state index in [-0.39, 0.29) is 11.9 Å². The van der Waals surface area contributed by atoms with Crippen LogP contribution < -0.4 is 5.73 Å². The minimum atomic E-state index is -0.0451. The van der Waals surface area contributed by atoms with E-state index in [2.05, 4.69) is 9.88 Å². The van der Waals surface area contributed by atoms with Crippen LogP contribution in [0.3, 0.4) is 0 Å². The van der Waals surface area contributed by atoms with Crippen molar-refractivity contribution in [2.24, 2.45) is 5.92 Å². The predicted molar refractivity (Wildman–Crippen MR) is 73.3 cm³/mol. The van der Waals surface area contributed by atoms with Crippen molar-refractivity contribution in [1.29, 1.82) is 0 Å². The molecular formula is C14H21N3O2. The third-order valence-corrected chi connectivity index (χ3v) is 3.46. The smallest absolute Gasteiger partial charge is 0.309 e. The van der Waals surface area contributed by atoms with E-state index in [0.29, 0.717) is 12.4 Å². The molecule has 0 unspecified atom stereocenters. The fourth-order valence-corrected chi connectivity index (χ4v) is 2.37. The number of carbonyl (C=O) groups is 1. The highest BCUT2D eigenvalue weighted by Crippen LogP contribution is 2.20. The molecule has 2 rings (SSSR count). The molecule has 5 nitrogen and oxygen atoms in total. The third-order valence-electron chi connectivity index (χ3n) is 3.46. The Bertz CT molecular complexity index is 411. The second kappa shape index (κ2) is 6.52. The number of carbonyl (C=O) groups excluding carboxylic acids is 1. The zero-order valence-electron chi connectivity index (χ0n) is 11.3. The second-order valence-corrected chi connectivity index (χ2v) is 4.89. The largest absolute Gasteiger partial charge is 0.466 e. The summed E-state index contributed by atoms with van der Waals surface area (Å²) in [6.07, 6.45) is 3.56. The summed E-state index contributed by atoms with van der Waals surface area (Å²) in [5.74, 6) is 0.571. The molecule has 1 saturated heterocycles. The van der Waals surface area contributed by atoms with Gasteiger partial charge < -0.3 is 10.5 Å². The lowest BCUT2D eigenvalue weighted by Gasteiger charge is -2.30. The van der Waals surface area contributed by atoms with Crippen LogP contribution in [0.15, 0.2) is 18.3 Å². The van der Waals surface area contributed by atoms with Crippen LogP contribution >= 0.6 is 0 Å². The summed E-state index contributed by atoms with van der Waals surface area (Å²) in [5.41, 5.74) is 6.72. The van der Waals surface area contributed by atoms with Crippen LogP contribution in [0.25, 0.3) is 0 Å². The summed E-state index contributed by atoms with van der Waals surface area (Å²) in [6.45, 7) is 5.03. The van der Waals surface area contributed by atoms with Crippen molar-refractivity contribution in [3.63, 3.8) is 0 Å². The molecule has 2 N–H and O–H groups in total. The molecule has 2 heterocycles. The Balaban J connectivity index is 1.80. The van der Waals surface area contributed by atoms with Gasteiger partial charge in [0.1, 0.15) is 5.82 Å². The lowest BCUT2D eigenvalue weighted by Crippen LogP contribution is -2.36. The first-order valence-electron chi connectivity index (χ1n) is 6.78. The molecule has 1 aliphatic rings. The normalized spacial score (nSPS) is 17.3. The topological polar surface area (TPSA) is 68.5 Å². The highest BCUT2D eigenvalue weighted by atomic mass is 16.5. The zero-order valence-corrected chi connectivity index (χ0v) is 11.3. The Morgan fingerprint density at radius 3 is 2.79 bits per heavy atom. The SMILES string of the molecule is CCOC(=O)C1CCN(Cc2ccc(N)nc2)CC1. The molecule has 0 spiro atoms.